The first-order chi connectivity index (χ1) is 26.3. The summed E-state index contributed by atoms with van der Waals surface area (Å²) in [6.07, 6.45) is 0. The molecule has 9 aromatic carbocycles. The number of nitrogens with zero attached hydrogens (tertiary/aromatic N) is 2. The quantitative estimate of drug-likeness (QED) is 0.185. The zero-order valence-electron chi connectivity index (χ0n) is 28.6. The molecule has 0 radical (unpaired) electrons. The zero-order valence-corrected chi connectivity index (χ0v) is 28.6. The minimum Gasteiger partial charge on any atom is -0.456 e. The number of rotatable bonds is 4. The maximum atomic E-state index is 6.32. The van der Waals surface area contributed by atoms with Crippen LogP contribution in [0.4, 0.5) is 17.1 Å². The standard InChI is InChI=1S/C50H30N2O/c1-2-11-35(12-3-1)51(47-18-10-20-49-50(47)40-15-6-9-19-48(40)53-49)36-23-21-31-27-41-43(29-33(31)25-36)42-28-32-22-24-37(26-34(32)30-44(41)42)52-45-16-7-4-13-38(45)39-14-5-8-17-46(39)52/h1-30H. The van der Waals surface area contributed by atoms with Crippen molar-refractivity contribution in [3.05, 3.63) is 182 Å². The molecule has 0 unspecified atom stereocenters. The summed E-state index contributed by atoms with van der Waals surface area (Å²) in [4.78, 5) is 2.36. The Labute approximate surface area is 305 Å². The maximum Gasteiger partial charge on any atom is 0.137 e. The minimum absolute atomic E-state index is 0.887. The number of furan rings is 1. The van der Waals surface area contributed by atoms with Crippen molar-refractivity contribution in [2.45, 2.75) is 0 Å². The molecule has 3 heteroatoms. The number of para-hydroxylation sites is 4. The highest BCUT2D eigenvalue weighted by Gasteiger charge is 2.25. The van der Waals surface area contributed by atoms with Crippen LogP contribution >= 0.6 is 0 Å². The van der Waals surface area contributed by atoms with E-state index in [1.165, 1.54) is 71.3 Å². The number of fused-ring (bicyclic) bond motifs is 12. The summed E-state index contributed by atoms with van der Waals surface area (Å²) in [7, 11) is 0. The second-order valence-corrected chi connectivity index (χ2v) is 14.1. The molecular formula is C50H30N2O. The Kier molecular flexibility index (Phi) is 5.77. The van der Waals surface area contributed by atoms with E-state index in [-0.39, 0.29) is 0 Å². The van der Waals surface area contributed by atoms with Gasteiger partial charge in [-0.3, -0.25) is 0 Å². The molecule has 0 bridgehead atoms. The van der Waals surface area contributed by atoms with Crippen molar-refractivity contribution in [3.63, 3.8) is 0 Å². The number of aromatic nitrogens is 1. The molecular weight excluding hydrogens is 645 g/mol. The molecule has 3 nitrogen and oxygen atoms in total. The average Bonchev–Trinajstić information content (AvgIpc) is 3.76. The molecule has 0 atom stereocenters. The van der Waals surface area contributed by atoms with Crippen LogP contribution < -0.4 is 4.90 Å². The Morgan fingerprint density at radius 2 is 0.943 bits per heavy atom. The highest BCUT2D eigenvalue weighted by molar-refractivity contribution is 6.15. The third-order valence-electron chi connectivity index (χ3n) is 11.2. The van der Waals surface area contributed by atoms with Gasteiger partial charge in [0.05, 0.1) is 22.1 Å². The van der Waals surface area contributed by atoms with Gasteiger partial charge < -0.3 is 13.9 Å². The fraction of sp³-hybridized carbons (Fsp3) is 0. The smallest absolute Gasteiger partial charge is 0.137 e. The van der Waals surface area contributed by atoms with Crippen molar-refractivity contribution in [2.24, 2.45) is 0 Å². The second kappa shape index (κ2) is 10.7. The Balaban J connectivity index is 0.981. The molecule has 1 aliphatic carbocycles. The molecule has 0 aliphatic heterocycles. The summed E-state index contributed by atoms with van der Waals surface area (Å²) >= 11 is 0. The Bertz CT molecular complexity index is 3240. The van der Waals surface area contributed by atoms with Crippen molar-refractivity contribution < 1.29 is 4.42 Å². The van der Waals surface area contributed by atoms with Crippen LogP contribution in [0.1, 0.15) is 0 Å². The molecule has 0 spiro atoms. The normalized spacial score (nSPS) is 12.2. The van der Waals surface area contributed by atoms with Gasteiger partial charge in [0.25, 0.3) is 0 Å². The van der Waals surface area contributed by atoms with E-state index in [9.17, 15) is 0 Å². The SMILES string of the molecule is c1ccc(N(c2ccc3cc4c(cc3c2)-c2cc3ccc(-n5c6ccccc6c6ccccc65)cc3cc2-4)c2cccc3oc4ccccc4c23)cc1. The molecule has 53 heavy (non-hydrogen) atoms. The first-order valence-corrected chi connectivity index (χ1v) is 18.2. The fourth-order valence-corrected chi connectivity index (χ4v) is 8.82. The van der Waals surface area contributed by atoms with Crippen LogP contribution in [0.2, 0.25) is 0 Å². The number of anilines is 3. The van der Waals surface area contributed by atoms with Gasteiger partial charge in [0.2, 0.25) is 0 Å². The lowest BCUT2D eigenvalue weighted by Crippen LogP contribution is -2.10. The molecule has 2 heterocycles. The topological polar surface area (TPSA) is 21.3 Å². The molecule has 0 saturated carbocycles. The maximum absolute atomic E-state index is 6.32. The lowest BCUT2D eigenvalue weighted by Gasteiger charge is -2.28. The van der Waals surface area contributed by atoms with Gasteiger partial charge >= 0.3 is 0 Å². The van der Waals surface area contributed by atoms with E-state index in [0.29, 0.717) is 0 Å². The van der Waals surface area contributed by atoms with E-state index in [1.807, 2.05) is 12.1 Å². The van der Waals surface area contributed by atoms with Crippen LogP contribution in [0.15, 0.2) is 186 Å². The van der Waals surface area contributed by atoms with Crippen molar-refractivity contribution in [1.82, 2.24) is 4.57 Å². The van der Waals surface area contributed by atoms with Crippen LogP contribution in [-0.2, 0) is 0 Å². The molecule has 0 amide bonds. The molecule has 0 saturated heterocycles. The van der Waals surface area contributed by atoms with E-state index < -0.39 is 0 Å². The van der Waals surface area contributed by atoms with Gasteiger partial charge in [0.15, 0.2) is 0 Å². The average molecular weight is 675 g/mol. The summed E-state index contributed by atoms with van der Waals surface area (Å²) in [5.74, 6) is 0. The minimum atomic E-state index is 0.887. The van der Waals surface area contributed by atoms with Crippen molar-refractivity contribution in [1.29, 1.82) is 0 Å². The zero-order chi connectivity index (χ0) is 34.6. The summed E-state index contributed by atoms with van der Waals surface area (Å²) in [5.41, 5.74) is 14.0. The first kappa shape index (κ1) is 28.6. The summed E-state index contributed by atoms with van der Waals surface area (Å²) < 4.78 is 8.72. The molecule has 0 fully saturated rings. The van der Waals surface area contributed by atoms with Crippen LogP contribution in [0.3, 0.4) is 0 Å². The summed E-state index contributed by atoms with van der Waals surface area (Å²) in [5, 5.41) is 9.76. The highest BCUT2D eigenvalue weighted by Crippen LogP contribution is 2.51. The van der Waals surface area contributed by atoms with E-state index >= 15 is 0 Å². The predicted octanol–water partition coefficient (Wildman–Crippen LogP) is 14.1. The monoisotopic (exact) mass is 674 g/mol. The van der Waals surface area contributed by atoms with Gasteiger partial charge in [-0.25, -0.2) is 0 Å². The van der Waals surface area contributed by atoms with Gasteiger partial charge in [-0.05, 0) is 135 Å². The number of benzene rings is 9. The molecule has 1 aliphatic rings. The molecule has 11 aromatic rings. The van der Waals surface area contributed by atoms with Crippen molar-refractivity contribution in [3.8, 4) is 27.9 Å². The first-order valence-electron chi connectivity index (χ1n) is 18.2. The largest absolute Gasteiger partial charge is 0.456 e. The predicted molar refractivity (Wildman–Crippen MR) is 222 cm³/mol. The molecule has 2 aromatic heterocycles. The van der Waals surface area contributed by atoms with Crippen LogP contribution in [0, 0.1) is 0 Å². The van der Waals surface area contributed by atoms with Gasteiger partial charge in [0, 0.05) is 33.2 Å². The number of hydrogen-bond donors (Lipinski definition) is 0. The van der Waals surface area contributed by atoms with E-state index in [1.54, 1.807) is 0 Å². The second-order valence-electron chi connectivity index (χ2n) is 14.1. The summed E-state index contributed by atoms with van der Waals surface area (Å²) in [6, 6.07) is 66.0. The van der Waals surface area contributed by atoms with Gasteiger partial charge in [-0.1, -0.05) is 91.0 Å². The summed E-state index contributed by atoms with van der Waals surface area (Å²) in [6.45, 7) is 0. The third kappa shape index (κ3) is 4.10. The van der Waals surface area contributed by atoms with Crippen LogP contribution in [0.5, 0.6) is 0 Å². The van der Waals surface area contributed by atoms with E-state index in [2.05, 4.69) is 179 Å². The van der Waals surface area contributed by atoms with E-state index in [0.717, 1.165) is 39.0 Å². The van der Waals surface area contributed by atoms with E-state index in [4.69, 9.17) is 4.42 Å². The Morgan fingerprint density at radius 1 is 0.377 bits per heavy atom. The Morgan fingerprint density at radius 3 is 1.66 bits per heavy atom. The van der Waals surface area contributed by atoms with Crippen molar-refractivity contribution in [2.75, 3.05) is 4.90 Å². The lowest BCUT2D eigenvalue weighted by molar-refractivity contribution is 0.669. The van der Waals surface area contributed by atoms with Gasteiger partial charge in [-0.15, -0.1) is 0 Å². The third-order valence-corrected chi connectivity index (χ3v) is 11.2. The van der Waals surface area contributed by atoms with Crippen LogP contribution in [0.25, 0.3) is 93.2 Å². The van der Waals surface area contributed by atoms with Gasteiger partial charge in [-0.2, -0.15) is 0 Å². The lowest BCUT2D eigenvalue weighted by atomic mass is 9.78. The van der Waals surface area contributed by atoms with Gasteiger partial charge in [0.1, 0.15) is 11.2 Å². The van der Waals surface area contributed by atoms with Crippen molar-refractivity contribution >= 4 is 82.4 Å². The highest BCUT2D eigenvalue weighted by atomic mass is 16.3. The molecule has 12 rings (SSSR count). The number of hydrogen-bond acceptors (Lipinski definition) is 2. The fourth-order valence-electron chi connectivity index (χ4n) is 8.82. The Hall–Kier alpha value is -7.10. The van der Waals surface area contributed by atoms with Crippen LogP contribution in [-0.4, -0.2) is 4.57 Å². The molecule has 0 N–H and O–H groups in total. The molecule has 246 valence electrons.